The van der Waals surface area contributed by atoms with Crippen LogP contribution in [-0.2, 0) is 26.2 Å². The number of rotatable bonds is 12. The van der Waals surface area contributed by atoms with Crippen LogP contribution in [0.15, 0.2) is 59.5 Å². The fraction of sp³-hybridized carbons (Fsp3) is 0.333. The molecule has 1 atom stereocenters. The van der Waals surface area contributed by atoms with E-state index >= 15 is 0 Å². The summed E-state index contributed by atoms with van der Waals surface area (Å²) >= 11 is 12.9. The molecule has 0 aliphatic carbocycles. The Hall–Kier alpha value is -3.47. The van der Waals surface area contributed by atoms with Gasteiger partial charge >= 0.3 is 0 Å². The summed E-state index contributed by atoms with van der Waals surface area (Å²) in [7, 11) is -0.000923. The molecule has 42 heavy (non-hydrogen) atoms. The van der Waals surface area contributed by atoms with Gasteiger partial charge in [-0.25, -0.2) is 8.42 Å². The number of hydrogen-bond donors (Lipinski definition) is 1. The predicted octanol–water partition coefficient (Wildman–Crippen LogP) is 5.38. The summed E-state index contributed by atoms with van der Waals surface area (Å²) in [5.41, 5.74) is 2.35. The van der Waals surface area contributed by atoms with E-state index in [0.717, 1.165) is 15.4 Å². The Labute approximate surface area is 257 Å². The molecule has 3 aromatic rings. The number of aryl methyl sites for hydroxylation is 2. The second kappa shape index (κ2) is 14.1. The van der Waals surface area contributed by atoms with Crippen LogP contribution >= 0.6 is 23.2 Å². The summed E-state index contributed by atoms with van der Waals surface area (Å²) in [5.74, 6) is -0.463. The zero-order valence-corrected chi connectivity index (χ0v) is 26.7. The highest BCUT2D eigenvalue weighted by Crippen LogP contribution is 2.33. The zero-order chi connectivity index (χ0) is 31.2. The average molecular weight is 637 g/mol. The quantitative estimate of drug-likeness (QED) is 0.287. The first kappa shape index (κ1) is 33.0. The second-order valence-electron chi connectivity index (χ2n) is 9.63. The summed E-state index contributed by atoms with van der Waals surface area (Å²) in [5, 5.41) is 3.22. The highest BCUT2D eigenvalue weighted by atomic mass is 35.5. The molecule has 0 aromatic heterocycles. The maximum Gasteiger partial charge on any atom is 0.264 e. The summed E-state index contributed by atoms with van der Waals surface area (Å²) in [4.78, 5) is 28.3. The van der Waals surface area contributed by atoms with Crippen LogP contribution in [0.1, 0.15) is 30.0 Å². The van der Waals surface area contributed by atoms with Gasteiger partial charge in [0, 0.05) is 35.3 Å². The van der Waals surface area contributed by atoms with Gasteiger partial charge in [0.25, 0.3) is 10.0 Å². The van der Waals surface area contributed by atoms with Gasteiger partial charge in [0.05, 0.1) is 24.8 Å². The molecule has 226 valence electrons. The van der Waals surface area contributed by atoms with Crippen molar-refractivity contribution < 1.29 is 27.5 Å². The Kier molecular flexibility index (Phi) is 11.1. The van der Waals surface area contributed by atoms with Gasteiger partial charge in [0.1, 0.15) is 12.6 Å². The number of benzene rings is 3. The van der Waals surface area contributed by atoms with Crippen LogP contribution in [0.25, 0.3) is 0 Å². The summed E-state index contributed by atoms with van der Waals surface area (Å²) < 4.78 is 40.1. The standard InChI is InChI=1S/C30H35Cl2N3O6S/c1-7-26(30(37)33-4)34(17-23-24(31)9-8-10-25(23)32)29(36)18-35(21-14-19(2)13-20(3)15-21)42(38,39)22-11-12-27(40-5)28(16-22)41-6/h8-16,26H,7,17-18H2,1-6H3,(H,33,37)/t26-/m0/s1. The van der Waals surface area contributed by atoms with Crippen LogP contribution in [0.3, 0.4) is 0 Å². The number of halogens is 2. The van der Waals surface area contributed by atoms with Gasteiger partial charge in [-0.2, -0.15) is 0 Å². The van der Waals surface area contributed by atoms with E-state index in [1.165, 1.54) is 44.4 Å². The largest absolute Gasteiger partial charge is 0.493 e. The molecule has 0 heterocycles. The molecule has 1 N–H and O–H groups in total. The van der Waals surface area contributed by atoms with Crippen molar-refractivity contribution in [2.45, 2.75) is 44.7 Å². The van der Waals surface area contributed by atoms with Crippen molar-refractivity contribution in [2.75, 3.05) is 32.1 Å². The number of amides is 2. The molecule has 9 nitrogen and oxygen atoms in total. The Morgan fingerprint density at radius 3 is 2.05 bits per heavy atom. The molecule has 0 radical (unpaired) electrons. The Morgan fingerprint density at radius 2 is 1.52 bits per heavy atom. The fourth-order valence-electron chi connectivity index (χ4n) is 4.67. The average Bonchev–Trinajstić information content (AvgIpc) is 2.95. The smallest absolute Gasteiger partial charge is 0.264 e. The molecule has 0 spiro atoms. The molecule has 0 saturated heterocycles. The SMILES string of the molecule is CC[C@@H](C(=O)NC)N(Cc1c(Cl)cccc1Cl)C(=O)CN(c1cc(C)cc(C)c1)S(=O)(=O)c1ccc(OC)c(OC)c1. The van der Waals surface area contributed by atoms with E-state index in [-0.39, 0.29) is 23.6 Å². The number of nitrogens with zero attached hydrogens (tertiary/aromatic N) is 2. The molecule has 3 aromatic carbocycles. The van der Waals surface area contributed by atoms with Crippen LogP contribution in [0, 0.1) is 13.8 Å². The van der Waals surface area contributed by atoms with E-state index in [9.17, 15) is 18.0 Å². The highest BCUT2D eigenvalue weighted by molar-refractivity contribution is 7.92. The van der Waals surface area contributed by atoms with Gasteiger partial charge in [-0.05, 0) is 67.8 Å². The number of anilines is 1. The molecule has 3 rings (SSSR count). The zero-order valence-electron chi connectivity index (χ0n) is 24.4. The van der Waals surface area contributed by atoms with E-state index in [0.29, 0.717) is 27.0 Å². The molecule has 0 aliphatic heterocycles. The van der Waals surface area contributed by atoms with Crippen LogP contribution in [-0.4, -0.2) is 59.0 Å². The van der Waals surface area contributed by atoms with E-state index in [1.807, 2.05) is 19.9 Å². The first-order valence-corrected chi connectivity index (χ1v) is 15.3. The third-order valence-electron chi connectivity index (χ3n) is 6.74. The van der Waals surface area contributed by atoms with Gasteiger partial charge in [0.2, 0.25) is 11.8 Å². The van der Waals surface area contributed by atoms with E-state index in [2.05, 4.69) is 5.32 Å². The molecule has 0 unspecified atom stereocenters. The Bertz CT molecular complexity index is 1520. The number of methoxy groups -OCH3 is 2. The van der Waals surface area contributed by atoms with Crippen molar-refractivity contribution in [1.82, 2.24) is 10.2 Å². The van der Waals surface area contributed by atoms with Crippen molar-refractivity contribution in [1.29, 1.82) is 0 Å². The van der Waals surface area contributed by atoms with E-state index < -0.39 is 34.4 Å². The minimum absolute atomic E-state index is 0.105. The van der Waals surface area contributed by atoms with Crippen molar-refractivity contribution >= 4 is 50.7 Å². The summed E-state index contributed by atoms with van der Waals surface area (Å²) in [6, 6.07) is 13.5. The highest BCUT2D eigenvalue weighted by Gasteiger charge is 2.34. The minimum atomic E-state index is -4.32. The molecule has 2 amide bonds. The molecule has 0 aliphatic rings. The van der Waals surface area contributed by atoms with Gasteiger partial charge in [0.15, 0.2) is 11.5 Å². The molecule has 12 heteroatoms. The van der Waals surface area contributed by atoms with Gasteiger partial charge in [-0.15, -0.1) is 0 Å². The van der Waals surface area contributed by atoms with Crippen molar-refractivity contribution in [3.8, 4) is 11.5 Å². The van der Waals surface area contributed by atoms with E-state index in [4.69, 9.17) is 32.7 Å². The number of hydrogen-bond acceptors (Lipinski definition) is 6. The number of carbonyl (C=O) groups excluding carboxylic acids is 2. The Balaban J connectivity index is 2.17. The lowest BCUT2D eigenvalue weighted by Gasteiger charge is -2.33. The van der Waals surface area contributed by atoms with Crippen LogP contribution in [0.2, 0.25) is 10.0 Å². The maximum atomic E-state index is 14.2. The predicted molar refractivity (Wildman–Crippen MR) is 165 cm³/mol. The van der Waals surface area contributed by atoms with Crippen molar-refractivity contribution in [2.24, 2.45) is 0 Å². The third kappa shape index (κ3) is 7.29. The fourth-order valence-corrected chi connectivity index (χ4v) is 6.60. The van der Waals surface area contributed by atoms with E-state index in [1.54, 1.807) is 37.3 Å². The number of carbonyl (C=O) groups is 2. The summed E-state index contributed by atoms with van der Waals surface area (Å²) in [6.45, 7) is 4.72. The first-order chi connectivity index (χ1) is 19.9. The lowest BCUT2D eigenvalue weighted by molar-refractivity contribution is -0.140. The van der Waals surface area contributed by atoms with Gasteiger partial charge in [-0.3, -0.25) is 13.9 Å². The molecule has 0 fully saturated rings. The molecular formula is C30H35Cl2N3O6S. The lowest BCUT2D eigenvalue weighted by atomic mass is 10.1. The van der Waals surface area contributed by atoms with Crippen molar-refractivity contribution in [3.05, 3.63) is 81.3 Å². The minimum Gasteiger partial charge on any atom is -0.493 e. The molecular weight excluding hydrogens is 601 g/mol. The number of likely N-dealkylation sites (N-methyl/N-ethyl adjacent to an activating group) is 1. The number of nitrogens with one attached hydrogen (secondary N) is 1. The van der Waals surface area contributed by atoms with Gasteiger partial charge in [-0.1, -0.05) is 42.3 Å². The monoisotopic (exact) mass is 635 g/mol. The summed E-state index contributed by atoms with van der Waals surface area (Å²) in [6.07, 6.45) is 0.263. The van der Waals surface area contributed by atoms with Crippen LogP contribution in [0.5, 0.6) is 11.5 Å². The lowest BCUT2D eigenvalue weighted by Crippen LogP contribution is -2.51. The third-order valence-corrected chi connectivity index (χ3v) is 9.22. The maximum absolute atomic E-state index is 14.2. The van der Waals surface area contributed by atoms with Crippen LogP contribution in [0.4, 0.5) is 5.69 Å². The molecule has 0 saturated carbocycles. The number of ether oxygens (including phenoxy) is 2. The van der Waals surface area contributed by atoms with Gasteiger partial charge < -0.3 is 19.7 Å². The first-order valence-electron chi connectivity index (χ1n) is 13.1. The normalized spacial score (nSPS) is 11.9. The van der Waals surface area contributed by atoms with Crippen molar-refractivity contribution in [3.63, 3.8) is 0 Å². The number of sulfonamides is 1. The topological polar surface area (TPSA) is 105 Å². The second-order valence-corrected chi connectivity index (χ2v) is 12.3. The molecule has 0 bridgehead atoms. The Morgan fingerprint density at radius 1 is 0.929 bits per heavy atom. The van der Waals surface area contributed by atoms with Crippen LogP contribution < -0.4 is 19.1 Å².